The lowest BCUT2D eigenvalue weighted by atomic mass is 9.97. The fourth-order valence-corrected chi connectivity index (χ4v) is 15.6. The van der Waals surface area contributed by atoms with Crippen LogP contribution in [0.4, 0.5) is 17.1 Å². The molecule has 0 amide bonds. The topological polar surface area (TPSA) is 3.24 Å². The number of anilines is 3. The first kappa shape index (κ1) is 37.7. The molecule has 0 fully saturated rings. The minimum absolute atomic E-state index is 1.10. The molecule has 64 heavy (non-hydrogen) atoms. The summed E-state index contributed by atoms with van der Waals surface area (Å²) in [6.45, 7) is 0. The van der Waals surface area contributed by atoms with E-state index in [0.29, 0.717) is 0 Å². The monoisotopic (exact) mass is 829 g/mol. The van der Waals surface area contributed by atoms with Crippen molar-refractivity contribution in [1.82, 2.24) is 0 Å². The summed E-state index contributed by atoms with van der Waals surface area (Å²) in [5, 5.41) is 10.7. The number of nitrogens with zero attached hydrogens (tertiary/aromatic N) is 1. The van der Waals surface area contributed by atoms with Gasteiger partial charge in [-0.1, -0.05) is 224 Å². The summed E-state index contributed by atoms with van der Waals surface area (Å²) in [4.78, 5) is 2.44. The Morgan fingerprint density at radius 3 is 1.36 bits per heavy atom. The highest BCUT2D eigenvalue weighted by Gasteiger charge is 2.48. The second-order valence-corrected chi connectivity index (χ2v) is 20.6. The molecule has 11 aromatic rings. The third-order valence-electron chi connectivity index (χ3n) is 13.3. The summed E-state index contributed by atoms with van der Waals surface area (Å²) >= 11 is 0. The highest BCUT2D eigenvalue weighted by atomic mass is 28.3. The zero-order chi connectivity index (χ0) is 42.5. The normalized spacial score (nSPS) is 12.5. The van der Waals surface area contributed by atoms with Crippen molar-refractivity contribution in [3.8, 4) is 44.5 Å². The fraction of sp³-hybridized carbons (Fsp3) is 0. The van der Waals surface area contributed by atoms with Crippen LogP contribution >= 0.6 is 0 Å². The predicted octanol–water partition coefficient (Wildman–Crippen LogP) is 13.8. The zero-order valence-corrected chi connectivity index (χ0v) is 36.3. The van der Waals surface area contributed by atoms with Crippen LogP contribution in [0.5, 0.6) is 0 Å². The van der Waals surface area contributed by atoms with Gasteiger partial charge in [0.2, 0.25) is 0 Å². The van der Waals surface area contributed by atoms with E-state index in [4.69, 9.17) is 0 Å². The quantitative estimate of drug-likeness (QED) is 0.109. The van der Waals surface area contributed by atoms with E-state index < -0.39 is 8.07 Å². The van der Waals surface area contributed by atoms with Crippen molar-refractivity contribution in [1.29, 1.82) is 0 Å². The summed E-state index contributed by atoms with van der Waals surface area (Å²) < 4.78 is 0. The Morgan fingerprint density at radius 2 is 0.719 bits per heavy atom. The molecule has 0 spiro atoms. The van der Waals surface area contributed by atoms with Gasteiger partial charge in [0.1, 0.15) is 0 Å². The van der Waals surface area contributed by atoms with Crippen LogP contribution in [0, 0.1) is 0 Å². The van der Waals surface area contributed by atoms with E-state index in [0.717, 1.165) is 17.1 Å². The van der Waals surface area contributed by atoms with Gasteiger partial charge in [-0.05, 0) is 118 Å². The molecule has 0 aliphatic carbocycles. The molecular formula is C62H43NSi. The van der Waals surface area contributed by atoms with E-state index in [-0.39, 0.29) is 0 Å². The van der Waals surface area contributed by atoms with Crippen molar-refractivity contribution in [3.63, 3.8) is 0 Å². The van der Waals surface area contributed by atoms with Crippen molar-refractivity contribution in [3.05, 3.63) is 261 Å². The number of fused-ring (bicyclic) bond motifs is 6. The molecule has 0 unspecified atom stereocenters. The van der Waals surface area contributed by atoms with E-state index in [1.807, 2.05) is 0 Å². The Bertz CT molecular complexity index is 3430. The average molecular weight is 830 g/mol. The Kier molecular flexibility index (Phi) is 9.25. The first-order chi connectivity index (χ1) is 31.7. The van der Waals surface area contributed by atoms with Crippen molar-refractivity contribution >= 4 is 67.4 Å². The second kappa shape index (κ2) is 15.7. The minimum atomic E-state index is -2.61. The van der Waals surface area contributed by atoms with Crippen LogP contribution in [-0.4, -0.2) is 8.07 Å². The summed E-state index contributed by atoms with van der Waals surface area (Å²) in [6.07, 6.45) is 0. The molecule has 300 valence electrons. The smallest absolute Gasteiger partial charge is 0.180 e. The predicted molar refractivity (Wildman–Crippen MR) is 275 cm³/mol. The largest absolute Gasteiger partial charge is 0.310 e. The molecule has 2 heteroatoms. The molecule has 12 rings (SSSR count). The molecule has 0 radical (unpaired) electrons. The minimum Gasteiger partial charge on any atom is -0.310 e. The van der Waals surface area contributed by atoms with Crippen LogP contribution in [0.2, 0.25) is 0 Å². The highest BCUT2D eigenvalue weighted by molar-refractivity contribution is 7.22. The highest BCUT2D eigenvalue weighted by Crippen LogP contribution is 2.43. The van der Waals surface area contributed by atoms with Gasteiger partial charge in [0.05, 0.1) is 5.69 Å². The average Bonchev–Trinajstić information content (AvgIpc) is 3.68. The Morgan fingerprint density at radius 1 is 0.266 bits per heavy atom. The van der Waals surface area contributed by atoms with Crippen LogP contribution in [0.25, 0.3) is 66.1 Å². The van der Waals surface area contributed by atoms with Crippen LogP contribution < -0.4 is 25.6 Å². The Balaban J connectivity index is 0.988. The first-order valence-electron chi connectivity index (χ1n) is 22.2. The van der Waals surface area contributed by atoms with Crippen molar-refractivity contribution < 1.29 is 0 Å². The van der Waals surface area contributed by atoms with Gasteiger partial charge in [-0.2, -0.15) is 0 Å². The van der Waals surface area contributed by atoms with Gasteiger partial charge in [-0.25, -0.2) is 0 Å². The van der Waals surface area contributed by atoms with Crippen LogP contribution in [0.15, 0.2) is 261 Å². The molecule has 11 aromatic carbocycles. The van der Waals surface area contributed by atoms with Gasteiger partial charge in [-0.3, -0.25) is 0 Å². The molecule has 0 N–H and O–H groups in total. The molecule has 0 aromatic heterocycles. The van der Waals surface area contributed by atoms with E-state index in [1.165, 1.54) is 86.8 Å². The molecule has 0 bridgehead atoms. The first-order valence-corrected chi connectivity index (χ1v) is 24.2. The number of hydrogen-bond acceptors (Lipinski definition) is 1. The van der Waals surface area contributed by atoms with Crippen molar-refractivity contribution in [2.45, 2.75) is 0 Å². The molecule has 1 heterocycles. The lowest BCUT2D eigenvalue weighted by Gasteiger charge is -2.31. The van der Waals surface area contributed by atoms with Gasteiger partial charge in [0.15, 0.2) is 8.07 Å². The number of hydrogen-bond donors (Lipinski definition) is 0. The zero-order valence-electron chi connectivity index (χ0n) is 35.3. The lowest BCUT2D eigenvalue weighted by molar-refractivity contribution is 1.30. The van der Waals surface area contributed by atoms with Crippen LogP contribution in [0.1, 0.15) is 0 Å². The maximum Gasteiger partial charge on any atom is 0.180 e. The van der Waals surface area contributed by atoms with E-state index in [1.54, 1.807) is 0 Å². The molecular weight excluding hydrogens is 787 g/mol. The summed E-state index contributed by atoms with van der Waals surface area (Å²) in [5.74, 6) is 0. The molecule has 0 saturated carbocycles. The Hall–Kier alpha value is -8.04. The second-order valence-electron chi connectivity index (χ2n) is 16.8. The summed E-state index contributed by atoms with van der Waals surface area (Å²) in [5.41, 5.74) is 13.3. The van der Waals surface area contributed by atoms with Gasteiger partial charge < -0.3 is 4.90 Å². The Labute approximate surface area is 375 Å². The third kappa shape index (κ3) is 6.22. The van der Waals surface area contributed by atoms with Gasteiger partial charge in [0, 0.05) is 16.8 Å². The fourth-order valence-electron chi connectivity index (χ4n) is 10.4. The van der Waals surface area contributed by atoms with Crippen molar-refractivity contribution in [2.24, 2.45) is 0 Å². The molecule has 1 aliphatic heterocycles. The number of benzene rings is 11. The number of rotatable bonds is 8. The van der Waals surface area contributed by atoms with Crippen molar-refractivity contribution in [2.75, 3.05) is 4.90 Å². The van der Waals surface area contributed by atoms with Gasteiger partial charge in [-0.15, -0.1) is 0 Å². The third-order valence-corrected chi connectivity index (χ3v) is 18.2. The maximum atomic E-state index is 2.51. The van der Waals surface area contributed by atoms with Gasteiger partial charge in [0.25, 0.3) is 0 Å². The lowest BCUT2D eigenvalue weighted by Crippen LogP contribution is -2.72. The molecule has 0 saturated heterocycles. The molecule has 1 nitrogen and oxygen atoms in total. The molecule has 1 aliphatic rings. The standard InChI is InChI=1S/C62H43NSi/c1-4-17-44(18-5-1)47-20-16-21-48(41-47)45-31-36-51(37-32-45)63(60-42-50-19-10-11-26-55(50)56-27-12-13-28-57(56)60)52-38-33-46(34-39-52)49-35-40-59-58-29-14-15-30-61(58)64(62(59)43-49,53-22-6-2-7-23-53)54-24-8-3-9-25-54/h1-43H. The SMILES string of the molecule is c1ccc(-c2cccc(-c3ccc(N(c4ccc(-c5ccc6c(c5)[Si](c5ccccc5)(c5ccccc5)c5ccccc5-6)cc4)c4cc5ccccc5c5ccccc45)cc3)c2)cc1. The van der Waals surface area contributed by atoms with Crippen LogP contribution in [-0.2, 0) is 0 Å². The van der Waals surface area contributed by atoms with E-state index in [2.05, 4.69) is 266 Å². The maximum absolute atomic E-state index is 2.61. The van der Waals surface area contributed by atoms with Crippen LogP contribution in [0.3, 0.4) is 0 Å². The summed E-state index contributed by atoms with van der Waals surface area (Å²) in [7, 11) is -2.61. The van der Waals surface area contributed by atoms with E-state index >= 15 is 0 Å². The van der Waals surface area contributed by atoms with E-state index in [9.17, 15) is 0 Å². The summed E-state index contributed by atoms with van der Waals surface area (Å²) in [6, 6.07) is 96.6. The molecule has 0 atom stereocenters. The van der Waals surface area contributed by atoms with Gasteiger partial charge >= 0.3 is 0 Å².